The van der Waals surface area contributed by atoms with E-state index in [0.717, 1.165) is 43.2 Å². The molecule has 2 aromatic heterocycles. The van der Waals surface area contributed by atoms with Crippen molar-refractivity contribution in [3.8, 4) is 0 Å². The lowest BCUT2D eigenvalue weighted by Gasteiger charge is -2.35. The summed E-state index contributed by atoms with van der Waals surface area (Å²) in [6, 6.07) is 0.0383. The van der Waals surface area contributed by atoms with Gasteiger partial charge in [-0.2, -0.15) is 0 Å². The molecule has 0 radical (unpaired) electrons. The summed E-state index contributed by atoms with van der Waals surface area (Å²) in [7, 11) is 0. The molecule has 0 unspecified atom stereocenters. The molecule has 6 nitrogen and oxygen atoms in total. The van der Waals surface area contributed by atoms with Crippen LogP contribution in [0.5, 0.6) is 0 Å². The number of nitrogens with zero attached hydrogens (tertiary/aromatic N) is 4. The fourth-order valence-corrected chi connectivity index (χ4v) is 4.76. The standard InChI is InChI=1S/C16H21N5OS/c1-2-17-16(22)21-8-6-20(7-9-21)14-13-11-4-3-5-12(11)23-15(13)19-10-18-14/h10H,2-9H2,1H3,(H,17,22). The molecule has 23 heavy (non-hydrogen) atoms. The molecule has 7 heteroatoms. The van der Waals surface area contributed by atoms with Crippen LogP contribution in [0.2, 0.25) is 0 Å². The van der Waals surface area contributed by atoms with Gasteiger partial charge in [0.2, 0.25) is 0 Å². The smallest absolute Gasteiger partial charge is 0.317 e. The van der Waals surface area contributed by atoms with E-state index in [1.165, 1.54) is 28.7 Å². The lowest BCUT2D eigenvalue weighted by atomic mass is 10.1. The van der Waals surface area contributed by atoms with Gasteiger partial charge in [-0.15, -0.1) is 11.3 Å². The number of thiophene rings is 1. The average Bonchev–Trinajstić information content (AvgIpc) is 3.15. The van der Waals surface area contributed by atoms with Crippen molar-refractivity contribution in [3.63, 3.8) is 0 Å². The fraction of sp³-hybridized carbons (Fsp3) is 0.562. The number of hydrogen-bond acceptors (Lipinski definition) is 5. The van der Waals surface area contributed by atoms with Crippen molar-refractivity contribution in [2.24, 2.45) is 0 Å². The number of piperazine rings is 1. The van der Waals surface area contributed by atoms with E-state index < -0.39 is 0 Å². The van der Waals surface area contributed by atoms with Crippen molar-refractivity contribution in [1.82, 2.24) is 20.2 Å². The summed E-state index contributed by atoms with van der Waals surface area (Å²) in [4.78, 5) is 27.8. The van der Waals surface area contributed by atoms with Gasteiger partial charge in [-0.1, -0.05) is 0 Å². The molecular formula is C16H21N5OS. The maximum atomic E-state index is 11.9. The molecule has 2 aliphatic rings. The summed E-state index contributed by atoms with van der Waals surface area (Å²) < 4.78 is 0. The van der Waals surface area contributed by atoms with Crippen LogP contribution in [0.3, 0.4) is 0 Å². The lowest BCUT2D eigenvalue weighted by molar-refractivity contribution is 0.195. The number of amides is 2. The molecule has 1 saturated heterocycles. The predicted octanol–water partition coefficient (Wildman–Crippen LogP) is 2.03. The van der Waals surface area contributed by atoms with Crippen LogP contribution in [0.25, 0.3) is 10.2 Å². The molecular weight excluding hydrogens is 310 g/mol. The number of fused-ring (bicyclic) bond motifs is 3. The van der Waals surface area contributed by atoms with Gasteiger partial charge in [0.1, 0.15) is 17.0 Å². The van der Waals surface area contributed by atoms with Crippen molar-refractivity contribution >= 4 is 33.4 Å². The molecule has 1 aliphatic carbocycles. The molecule has 0 saturated carbocycles. The molecule has 1 fully saturated rings. The number of carbonyl (C=O) groups is 1. The Bertz CT molecular complexity index is 735. The zero-order valence-electron chi connectivity index (χ0n) is 13.3. The fourth-order valence-electron chi connectivity index (χ4n) is 3.54. The third-order valence-corrected chi connectivity index (χ3v) is 5.88. The first-order chi connectivity index (χ1) is 11.3. The highest BCUT2D eigenvalue weighted by Gasteiger charge is 2.26. The van der Waals surface area contributed by atoms with Crippen LogP contribution in [0, 0.1) is 0 Å². The summed E-state index contributed by atoms with van der Waals surface area (Å²) in [5.41, 5.74) is 1.46. The van der Waals surface area contributed by atoms with E-state index >= 15 is 0 Å². The lowest BCUT2D eigenvalue weighted by Crippen LogP contribution is -2.52. The zero-order valence-corrected chi connectivity index (χ0v) is 14.2. The normalized spacial score (nSPS) is 17.6. The SMILES string of the molecule is CCNC(=O)N1CCN(c2ncnc3sc4c(c23)CCC4)CC1. The summed E-state index contributed by atoms with van der Waals surface area (Å²) in [6.07, 6.45) is 5.26. The van der Waals surface area contributed by atoms with Gasteiger partial charge in [0.15, 0.2) is 0 Å². The maximum absolute atomic E-state index is 11.9. The third kappa shape index (κ3) is 2.52. The quantitative estimate of drug-likeness (QED) is 0.915. The number of aryl methyl sites for hydroxylation is 2. The number of aromatic nitrogens is 2. The van der Waals surface area contributed by atoms with Crippen molar-refractivity contribution in [3.05, 3.63) is 16.8 Å². The second-order valence-electron chi connectivity index (χ2n) is 6.04. The molecule has 0 bridgehead atoms. The molecule has 1 N–H and O–H groups in total. The first kappa shape index (κ1) is 14.7. The Kier molecular flexibility index (Phi) is 3.80. The number of carbonyl (C=O) groups excluding carboxylic acids is 1. The second-order valence-corrected chi connectivity index (χ2v) is 7.13. The molecule has 0 aromatic carbocycles. The average molecular weight is 331 g/mol. The number of hydrogen-bond donors (Lipinski definition) is 1. The van der Waals surface area contributed by atoms with Crippen molar-refractivity contribution < 1.29 is 4.79 Å². The largest absolute Gasteiger partial charge is 0.352 e. The minimum Gasteiger partial charge on any atom is -0.352 e. The van der Waals surface area contributed by atoms with E-state index in [0.29, 0.717) is 6.54 Å². The van der Waals surface area contributed by atoms with E-state index in [-0.39, 0.29) is 6.03 Å². The van der Waals surface area contributed by atoms with E-state index in [2.05, 4.69) is 20.2 Å². The molecule has 2 aromatic rings. The van der Waals surface area contributed by atoms with Crippen molar-refractivity contribution in [2.45, 2.75) is 26.2 Å². The van der Waals surface area contributed by atoms with Gasteiger partial charge in [0.05, 0.1) is 5.39 Å². The van der Waals surface area contributed by atoms with Gasteiger partial charge in [-0.05, 0) is 31.7 Å². The highest BCUT2D eigenvalue weighted by molar-refractivity contribution is 7.19. The molecule has 3 heterocycles. The van der Waals surface area contributed by atoms with Crippen LogP contribution < -0.4 is 10.2 Å². The number of rotatable bonds is 2. The first-order valence-electron chi connectivity index (χ1n) is 8.31. The number of urea groups is 1. The molecule has 0 atom stereocenters. The van der Waals surface area contributed by atoms with Crippen LogP contribution in [-0.2, 0) is 12.8 Å². The van der Waals surface area contributed by atoms with Gasteiger partial charge in [-0.25, -0.2) is 14.8 Å². The Morgan fingerprint density at radius 2 is 2.09 bits per heavy atom. The second kappa shape index (κ2) is 5.96. The third-order valence-electron chi connectivity index (χ3n) is 4.68. The Balaban J connectivity index is 1.58. The zero-order chi connectivity index (χ0) is 15.8. The van der Waals surface area contributed by atoms with Crippen molar-refractivity contribution in [1.29, 1.82) is 0 Å². The monoisotopic (exact) mass is 331 g/mol. The first-order valence-corrected chi connectivity index (χ1v) is 9.12. The molecule has 122 valence electrons. The van der Waals surface area contributed by atoms with E-state index in [1.54, 1.807) is 6.33 Å². The van der Waals surface area contributed by atoms with E-state index in [4.69, 9.17) is 0 Å². The van der Waals surface area contributed by atoms with Gasteiger partial charge in [-0.3, -0.25) is 0 Å². The topological polar surface area (TPSA) is 61.4 Å². The Morgan fingerprint density at radius 3 is 2.87 bits per heavy atom. The Hall–Kier alpha value is -1.89. The van der Waals surface area contributed by atoms with Crippen LogP contribution in [0.1, 0.15) is 23.8 Å². The summed E-state index contributed by atoms with van der Waals surface area (Å²) in [5.74, 6) is 1.06. The Labute approximate surface area is 139 Å². The molecule has 2 amide bonds. The molecule has 4 rings (SSSR count). The minimum absolute atomic E-state index is 0.0383. The van der Waals surface area contributed by atoms with Gasteiger partial charge in [0.25, 0.3) is 0 Å². The van der Waals surface area contributed by atoms with Crippen LogP contribution in [-0.4, -0.2) is 53.6 Å². The van der Waals surface area contributed by atoms with E-state index in [9.17, 15) is 4.79 Å². The van der Waals surface area contributed by atoms with Crippen LogP contribution in [0.15, 0.2) is 6.33 Å². The highest BCUT2D eigenvalue weighted by Crippen LogP contribution is 2.40. The summed E-state index contributed by atoms with van der Waals surface area (Å²) in [6.45, 7) is 5.75. The minimum atomic E-state index is 0.0383. The molecule has 1 aliphatic heterocycles. The molecule has 0 spiro atoms. The van der Waals surface area contributed by atoms with E-state index in [1.807, 2.05) is 23.2 Å². The predicted molar refractivity (Wildman–Crippen MR) is 92.3 cm³/mol. The Morgan fingerprint density at radius 1 is 1.26 bits per heavy atom. The van der Waals surface area contributed by atoms with Crippen LogP contribution >= 0.6 is 11.3 Å². The van der Waals surface area contributed by atoms with Gasteiger partial charge < -0.3 is 15.1 Å². The maximum Gasteiger partial charge on any atom is 0.317 e. The van der Waals surface area contributed by atoms with Crippen LogP contribution in [0.4, 0.5) is 10.6 Å². The number of nitrogens with one attached hydrogen (secondary N) is 1. The summed E-state index contributed by atoms with van der Waals surface area (Å²) in [5, 5.41) is 4.13. The summed E-state index contributed by atoms with van der Waals surface area (Å²) >= 11 is 1.82. The highest BCUT2D eigenvalue weighted by atomic mass is 32.1. The van der Waals surface area contributed by atoms with Crippen molar-refractivity contribution in [2.75, 3.05) is 37.6 Å². The number of anilines is 1. The van der Waals surface area contributed by atoms with Gasteiger partial charge in [0, 0.05) is 37.6 Å². The van der Waals surface area contributed by atoms with Gasteiger partial charge >= 0.3 is 6.03 Å².